The maximum absolute atomic E-state index is 11.0. The molecule has 0 atom stereocenters. The summed E-state index contributed by atoms with van der Waals surface area (Å²) in [7, 11) is 0. The first-order valence-corrected chi connectivity index (χ1v) is 7.12. The first-order chi connectivity index (χ1) is 9.63. The zero-order valence-electron chi connectivity index (χ0n) is 10.9. The fourth-order valence-electron chi connectivity index (χ4n) is 1.70. The Morgan fingerprint density at radius 1 is 1.40 bits per heavy atom. The summed E-state index contributed by atoms with van der Waals surface area (Å²) in [5.74, 6) is 0.232. The van der Waals surface area contributed by atoms with Gasteiger partial charge < -0.3 is 11.1 Å². The number of nitro groups is 1. The van der Waals surface area contributed by atoms with Crippen LogP contribution < -0.4 is 11.1 Å². The second-order valence-electron chi connectivity index (χ2n) is 4.01. The normalized spacial score (nSPS) is 10.3. The summed E-state index contributed by atoms with van der Waals surface area (Å²) in [5.41, 5.74) is 7.19. The number of benzene rings is 1. The molecule has 0 spiro atoms. The molecule has 2 rings (SSSR count). The number of hydrogen-bond donors (Lipinski definition) is 2. The number of nitrogens with one attached hydrogen (secondary N) is 1. The molecule has 7 heteroatoms. The van der Waals surface area contributed by atoms with E-state index in [1.165, 1.54) is 17.8 Å². The number of pyridine rings is 1. The van der Waals surface area contributed by atoms with Crippen LogP contribution in [0.15, 0.2) is 41.4 Å². The van der Waals surface area contributed by atoms with E-state index in [1.54, 1.807) is 6.07 Å². The standard InChI is InChI=1S/C13H14N4O2S/c1-20-12-6-5-11(17(18)19)13(16-12)15-10-4-2-3-9(7-10)8-14/h2-7H,8,14H2,1H3,(H,15,16). The average Bonchev–Trinajstić information content (AvgIpc) is 2.47. The van der Waals surface area contributed by atoms with E-state index in [0.717, 1.165) is 11.3 Å². The Balaban J connectivity index is 2.37. The maximum atomic E-state index is 11.0. The number of nitrogens with zero attached hydrogens (tertiary/aromatic N) is 2. The molecule has 0 aliphatic rings. The molecule has 6 nitrogen and oxygen atoms in total. The van der Waals surface area contributed by atoms with Crippen molar-refractivity contribution >= 4 is 29.0 Å². The number of anilines is 2. The lowest BCUT2D eigenvalue weighted by molar-refractivity contribution is -0.384. The minimum Gasteiger partial charge on any atom is -0.334 e. The topological polar surface area (TPSA) is 94.1 Å². The molecule has 0 bridgehead atoms. The Hall–Kier alpha value is -2.12. The van der Waals surface area contributed by atoms with Gasteiger partial charge in [0.15, 0.2) is 0 Å². The summed E-state index contributed by atoms with van der Waals surface area (Å²) in [6.45, 7) is 0.413. The number of aromatic nitrogens is 1. The molecule has 104 valence electrons. The molecule has 0 amide bonds. The van der Waals surface area contributed by atoms with Crippen molar-refractivity contribution in [3.63, 3.8) is 0 Å². The van der Waals surface area contributed by atoms with E-state index in [4.69, 9.17) is 5.73 Å². The quantitative estimate of drug-likeness (QED) is 0.499. The van der Waals surface area contributed by atoms with Crippen molar-refractivity contribution in [1.29, 1.82) is 0 Å². The van der Waals surface area contributed by atoms with Gasteiger partial charge in [0.1, 0.15) is 0 Å². The van der Waals surface area contributed by atoms with Crippen LogP contribution >= 0.6 is 11.8 Å². The van der Waals surface area contributed by atoms with E-state index >= 15 is 0 Å². The largest absolute Gasteiger partial charge is 0.334 e. The Morgan fingerprint density at radius 2 is 2.20 bits per heavy atom. The summed E-state index contributed by atoms with van der Waals surface area (Å²) in [6, 6.07) is 10.5. The van der Waals surface area contributed by atoms with Crippen molar-refractivity contribution in [3.8, 4) is 0 Å². The summed E-state index contributed by atoms with van der Waals surface area (Å²) in [6.07, 6.45) is 1.87. The second kappa shape index (κ2) is 6.36. The van der Waals surface area contributed by atoms with Gasteiger partial charge in [-0.15, -0.1) is 11.8 Å². The highest BCUT2D eigenvalue weighted by Gasteiger charge is 2.16. The Morgan fingerprint density at radius 3 is 2.85 bits per heavy atom. The molecule has 1 aromatic carbocycles. The first-order valence-electron chi connectivity index (χ1n) is 5.89. The minimum atomic E-state index is -0.452. The van der Waals surface area contributed by atoms with Gasteiger partial charge in [-0.1, -0.05) is 12.1 Å². The highest BCUT2D eigenvalue weighted by atomic mass is 32.2. The third-order valence-corrected chi connectivity index (χ3v) is 3.33. The summed E-state index contributed by atoms with van der Waals surface area (Å²) < 4.78 is 0. The first kappa shape index (κ1) is 14.3. The molecule has 3 N–H and O–H groups in total. The van der Waals surface area contributed by atoms with Gasteiger partial charge in [-0.25, -0.2) is 4.98 Å². The van der Waals surface area contributed by atoms with Gasteiger partial charge in [-0.2, -0.15) is 0 Å². The summed E-state index contributed by atoms with van der Waals surface area (Å²) in [4.78, 5) is 14.8. The van der Waals surface area contributed by atoms with Crippen LogP contribution in [-0.2, 0) is 6.54 Å². The minimum absolute atomic E-state index is 0.0547. The number of nitrogens with two attached hydrogens (primary N) is 1. The van der Waals surface area contributed by atoms with Crippen molar-refractivity contribution < 1.29 is 4.92 Å². The SMILES string of the molecule is CSc1ccc([N+](=O)[O-])c(Nc2cccc(CN)c2)n1. The van der Waals surface area contributed by atoms with E-state index in [9.17, 15) is 10.1 Å². The predicted octanol–water partition coefficient (Wildman–Crippen LogP) is 2.91. The third kappa shape index (κ3) is 3.25. The van der Waals surface area contributed by atoms with E-state index in [-0.39, 0.29) is 11.5 Å². The van der Waals surface area contributed by atoms with Crippen LogP contribution in [0.4, 0.5) is 17.2 Å². The molecule has 0 aliphatic heterocycles. The number of rotatable bonds is 5. The molecule has 2 aromatic rings. The molecule has 1 aromatic heterocycles. The molecule has 20 heavy (non-hydrogen) atoms. The average molecular weight is 290 g/mol. The summed E-state index contributed by atoms with van der Waals surface area (Å²) in [5, 5.41) is 14.7. The van der Waals surface area contributed by atoms with Gasteiger partial charge in [-0.3, -0.25) is 10.1 Å². The van der Waals surface area contributed by atoms with Crippen LogP contribution in [0.25, 0.3) is 0 Å². The molecule has 0 radical (unpaired) electrons. The van der Waals surface area contributed by atoms with Gasteiger partial charge in [0, 0.05) is 18.3 Å². The van der Waals surface area contributed by atoms with Crippen molar-refractivity contribution in [2.75, 3.05) is 11.6 Å². The van der Waals surface area contributed by atoms with Crippen molar-refractivity contribution in [2.24, 2.45) is 5.73 Å². The van der Waals surface area contributed by atoms with Gasteiger partial charge >= 0.3 is 5.69 Å². The van der Waals surface area contributed by atoms with Crippen LogP contribution in [0.2, 0.25) is 0 Å². The van der Waals surface area contributed by atoms with Crippen LogP contribution in [0.1, 0.15) is 5.56 Å². The van der Waals surface area contributed by atoms with Gasteiger partial charge in [0.05, 0.1) is 9.95 Å². The molecule has 0 unspecified atom stereocenters. The molecular weight excluding hydrogens is 276 g/mol. The molecule has 0 fully saturated rings. The number of thioether (sulfide) groups is 1. The second-order valence-corrected chi connectivity index (χ2v) is 4.83. The van der Waals surface area contributed by atoms with Crippen LogP contribution in [0, 0.1) is 10.1 Å². The smallest absolute Gasteiger partial charge is 0.311 e. The molecule has 0 saturated carbocycles. The van der Waals surface area contributed by atoms with E-state index in [0.29, 0.717) is 11.6 Å². The molecule has 0 saturated heterocycles. The van der Waals surface area contributed by atoms with Crippen molar-refractivity contribution in [3.05, 3.63) is 52.1 Å². The monoisotopic (exact) mass is 290 g/mol. The fourth-order valence-corrected chi connectivity index (χ4v) is 2.09. The fraction of sp³-hybridized carbons (Fsp3) is 0.154. The Kier molecular flexibility index (Phi) is 4.54. The van der Waals surface area contributed by atoms with E-state index < -0.39 is 4.92 Å². The number of hydrogen-bond acceptors (Lipinski definition) is 6. The lowest BCUT2D eigenvalue weighted by Gasteiger charge is -2.08. The van der Waals surface area contributed by atoms with Crippen LogP contribution in [0.5, 0.6) is 0 Å². The highest BCUT2D eigenvalue weighted by Crippen LogP contribution is 2.28. The molecular formula is C13H14N4O2S. The Labute approximate surface area is 120 Å². The van der Waals surface area contributed by atoms with E-state index in [1.807, 2.05) is 30.5 Å². The zero-order valence-corrected chi connectivity index (χ0v) is 11.7. The Bertz CT molecular complexity index is 634. The zero-order chi connectivity index (χ0) is 14.5. The third-order valence-electron chi connectivity index (χ3n) is 2.68. The van der Waals surface area contributed by atoms with Crippen LogP contribution in [-0.4, -0.2) is 16.2 Å². The lowest BCUT2D eigenvalue weighted by Crippen LogP contribution is -2.02. The van der Waals surface area contributed by atoms with Crippen molar-refractivity contribution in [1.82, 2.24) is 4.98 Å². The van der Waals surface area contributed by atoms with Crippen molar-refractivity contribution in [2.45, 2.75) is 11.6 Å². The predicted molar refractivity (Wildman–Crippen MR) is 80.3 cm³/mol. The highest BCUT2D eigenvalue weighted by molar-refractivity contribution is 7.98. The molecule has 0 aliphatic carbocycles. The molecule has 1 heterocycles. The lowest BCUT2D eigenvalue weighted by atomic mass is 10.2. The van der Waals surface area contributed by atoms with Gasteiger partial charge in [0.25, 0.3) is 0 Å². The van der Waals surface area contributed by atoms with E-state index in [2.05, 4.69) is 10.3 Å². The van der Waals surface area contributed by atoms with Gasteiger partial charge in [0.2, 0.25) is 5.82 Å². The summed E-state index contributed by atoms with van der Waals surface area (Å²) >= 11 is 1.43. The van der Waals surface area contributed by atoms with Gasteiger partial charge in [-0.05, 0) is 30.0 Å². The van der Waals surface area contributed by atoms with Crippen LogP contribution in [0.3, 0.4) is 0 Å². The maximum Gasteiger partial charge on any atom is 0.311 e.